The highest BCUT2D eigenvalue weighted by Gasteiger charge is 2.14. The lowest BCUT2D eigenvalue weighted by Crippen LogP contribution is -2.03. The zero-order chi connectivity index (χ0) is 25.6. The maximum Gasteiger partial charge on any atom is 0.345 e. The van der Waals surface area contributed by atoms with Gasteiger partial charge in [0.15, 0.2) is 0 Å². The summed E-state index contributed by atoms with van der Waals surface area (Å²) in [5, 5.41) is 12.7. The maximum atomic E-state index is 12.5. The van der Waals surface area contributed by atoms with E-state index < -0.39 is 11.6 Å². The molecule has 0 bridgehead atoms. The van der Waals surface area contributed by atoms with Gasteiger partial charge in [0.25, 0.3) is 0 Å². The normalized spacial score (nSPS) is 11.5. The van der Waals surface area contributed by atoms with Gasteiger partial charge in [0.05, 0.1) is 16.8 Å². The Kier molecular flexibility index (Phi) is 6.84. The fourth-order valence-corrected chi connectivity index (χ4v) is 4.37. The summed E-state index contributed by atoms with van der Waals surface area (Å²) in [5.74, 6) is -0.101. The van der Waals surface area contributed by atoms with Crippen LogP contribution in [-0.2, 0) is 4.79 Å². The first-order valence-electron chi connectivity index (χ1n) is 11.2. The molecule has 0 amide bonds. The molecule has 0 atom stereocenters. The van der Waals surface area contributed by atoms with E-state index in [4.69, 9.17) is 9.15 Å². The number of thiazole rings is 1. The summed E-state index contributed by atoms with van der Waals surface area (Å²) >= 11 is 1.27. The lowest BCUT2D eigenvalue weighted by atomic mass is 10.1. The number of aromatic nitrogens is 1. The summed E-state index contributed by atoms with van der Waals surface area (Å²) in [6.45, 7) is 0. The number of benzene rings is 3. The third kappa shape index (κ3) is 5.61. The maximum absolute atomic E-state index is 12.5. The second-order valence-electron chi connectivity index (χ2n) is 7.93. The van der Waals surface area contributed by atoms with Gasteiger partial charge in [-0.2, -0.15) is 5.26 Å². The second-order valence-corrected chi connectivity index (χ2v) is 8.79. The average Bonchev–Trinajstić information content (AvgIpc) is 3.41. The van der Waals surface area contributed by atoms with E-state index in [0.717, 1.165) is 16.5 Å². The van der Waals surface area contributed by atoms with Crippen LogP contribution in [0.3, 0.4) is 0 Å². The van der Waals surface area contributed by atoms with Crippen LogP contribution in [0.4, 0.5) is 0 Å². The fourth-order valence-electron chi connectivity index (χ4n) is 3.58. The summed E-state index contributed by atoms with van der Waals surface area (Å²) in [7, 11) is 0. The van der Waals surface area contributed by atoms with Crippen LogP contribution < -0.4 is 10.4 Å². The monoisotopic (exact) mass is 502 g/mol. The molecule has 37 heavy (non-hydrogen) atoms. The van der Waals surface area contributed by atoms with Crippen LogP contribution >= 0.6 is 11.3 Å². The molecular formula is C30H18N2O4S. The molecule has 5 rings (SSSR count). The fraction of sp³-hybridized carbons (Fsp3) is 0. The van der Waals surface area contributed by atoms with Crippen LogP contribution in [0, 0.1) is 11.3 Å². The number of hydrogen-bond donors (Lipinski definition) is 0. The third-order valence-electron chi connectivity index (χ3n) is 5.39. The Hall–Kier alpha value is -5.06. The number of para-hydroxylation sites is 1. The predicted octanol–water partition coefficient (Wildman–Crippen LogP) is 6.60. The van der Waals surface area contributed by atoms with Crippen molar-refractivity contribution in [3.05, 3.63) is 123 Å². The first-order chi connectivity index (χ1) is 18.1. The molecule has 2 aromatic heterocycles. The van der Waals surface area contributed by atoms with Crippen LogP contribution in [-0.4, -0.2) is 11.0 Å². The molecule has 0 aliphatic heterocycles. The van der Waals surface area contributed by atoms with Crippen molar-refractivity contribution >= 4 is 46.0 Å². The van der Waals surface area contributed by atoms with Gasteiger partial charge in [-0.15, -0.1) is 11.3 Å². The number of hydrogen-bond acceptors (Lipinski definition) is 7. The van der Waals surface area contributed by atoms with Gasteiger partial charge in [-0.25, -0.2) is 14.6 Å². The molecule has 0 saturated carbocycles. The number of nitriles is 1. The molecule has 2 heterocycles. The molecule has 6 nitrogen and oxygen atoms in total. The number of carbonyl (C=O) groups excluding carboxylic acids is 1. The van der Waals surface area contributed by atoms with E-state index in [0.29, 0.717) is 33.2 Å². The van der Waals surface area contributed by atoms with Crippen LogP contribution in [0.1, 0.15) is 16.1 Å². The Morgan fingerprint density at radius 2 is 1.73 bits per heavy atom. The highest BCUT2D eigenvalue weighted by atomic mass is 32.1. The molecule has 0 aliphatic carbocycles. The van der Waals surface area contributed by atoms with Crippen molar-refractivity contribution in [3.63, 3.8) is 0 Å². The number of ether oxygens (including phenoxy) is 1. The number of fused-ring (bicyclic) bond motifs is 1. The first kappa shape index (κ1) is 23.7. The van der Waals surface area contributed by atoms with Crippen molar-refractivity contribution in [1.82, 2.24) is 4.98 Å². The zero-order valence-electron chi connectivity index (χ0n) is 19.3. The van der Waals surface area contributed by atoms with Crippen LogP contribution in [0.2, 0.25) is 0 Å². The third-order valence-corrected chi connectivity index (χ3v) is 6.27. The molecule has 0 fully saturated rings. The average molecular weight is 503 g/mol. The number of esters is 1. The number of allylic oxidation sites excluding steroid dienone is 1. The molecule has 5 aromatic rings. The smallest absolute Gasteiger partial charge is 0.345 e. The molecule has 7 heteroatoms. The van der Waals surface area contributed by atoms with Crippen LogP contribution in [0.15, 0.2) is 106 Å². The van der Waals surface area contributed by atoms with E-state index in [2.05, 4.69) is 11.1 Å². The summed E-state index contributed by atoms with van der Waals surface area (Å²) in [5.41, 5.74) is 2.79. The van der Waals surface area contributed by atoms with Crippen molar-refractivity contribution in [2.45, 2.75) is 0 Å². The van der Waals surface area contributed by atoms with Crippen LogP contribution in [0.25, 0.3) is 40.0 Å². The van der Waals surface area contributed by atoms with Crippen molar-refractivity contribution in [1.29, 1.82) is 5.26 Å². The lowest BCUT2D eigenvalue weighted by molar-refractivity contribution is -0.128. The molecule has 0 radical (unpaired) electrons. The standard InChI is InChI=1S/C30H18N2O4S/c31-18-23(29-32-26(19-37-29)25-17-22-8-4-5-9-27(22)36-30(25)34)16-21-10-13-24(14-11-21)35-28(33)15-12-20-6-2-1-3-7-20/h1-17,19H/b15-12+,23-16+. The largest absolute Gasteiger partial charge is 0.423 e. The minimum Gasteiger partial charge on any atom is -0.423 e. The quantitative estimate of drug-likeness (QED) is 0.0854. The highest BCUT2D eigenvalue weighted by molar-refractivity contribution is 7.11. The SMILES string of the molecule is N#C/C(=C\c1ccc(OC(=O)/C=C/c2ccccc2)cc1)c1nc(-c2cc3ccccc3oc2=O)cs1. The summed E-state index contributed by atoms with van der Waals surface area (Å²) in [6, 6.07) is 27.4. The van der Waals surface area contributed by atoms with Crippen molar-refractivity contribution < 1.29 is 13.9 Å². The van der Waals surface area contributed by atoms with E-state index in [1.165, 1.54) is 17.4 Å². The number of carbonyl (C=O) groups is 1. The number of nitrogens with zero attached hydrogens (tertiary/aromatic N) is 2. The molecule has 0 saturated heterocycles. The minimum atomic E-state index is -0.488. The molecular weight excluding hydrogens is 484 g/mol. The van der Waals surface area contributed by atoms with E-state index >= 15 is 0 Å². The molecule has 0 aliphatic rings. The van der Waals surface area contributed by atoms with Crippen LogP contribution in [0.5, 0.6) is 5.75 Å². The minimum absolute atomic E-state index is 0.339. The molecule has 0 N–H and O–H groups in total. The second kappa shape index (κ2) is 10.7. The van der Waals surface area contributed by atoms with Gasteiger partial charge < -0.3 is 9.15 Å². The van der Waals surface area contributed by atoms with Gasteiger partial charge >= 0.3 is 11.6 Å². The highest BCUT2D eigenvalue weighted by Crippen LogP contribution is 2.27. The molecule has 3 aromatic carbocycles. The van der Waals surface area contributed by atoms with Gasteiger partial charge in [-0.1, -0.05) is 60.7 Å². The van der Waals surface area contributed by atoms with Gasteiger partial charge in [-0.3, -0.25) is 0 Å². The molecule has 0 spiro atoms. The predicted molar refractivity (Wildman–Crippen MR) is 145 cm³/mol. The van der Waals surface area contributed by atoms with Gasteiger partial charge in [0.1, 0.15) is 22.4 Å². The Morgan fingerprint density at radius 1 is 0.973 bits per heavy atom. The van der Waals surface area contributed by atoms with Crippen molar-refractivity contribution in [3.8, 4) is 23.1 Å². The Bertz CT molecular complexity index is 1740. The molecule has 178 valence electrons. The first-order valence-corrected chi connectivity index (χ1v) is 12.1. The summed E-state index contributed by atoms with van der Waals surface area (Å²) < 4.78 is 10.7. The molecule has 0 unspecified atom stereocenters. The van der Waals surface area contributed by atoms with E-state index in [1.807, 2.05) is 42.5 Å². The van der Waals surface area contributed by atoms with Crippen molar-refractivity contribution in [2.24, 2.45) is 0 Å². The summed E-state index contributed by atoms with van der Waals surface area (Å²) in [4.78, 5) is 29.1. The van der Waals surface area contributed by atoms with Gasteiger partial charge in [0, 0.05) is 16.8 Å². The lowest BCUT2D eigenvalue weighted by Gasteiger charge is -2.02. The van der Waals surface area contributed by atoms with Gasteiger partial charge in [0.2, 0.25) is 0 Å². The van der Waals surface area contributed by atoms with E-state index in [9.17, 15) is 14.9 Å². The summed E-state index contributed by atoms with van der Waals surface area (Å²) in [6.07, 6.45) is 4.74. The topological polar surface area (TPSA) is 93.2 Å². The zero-order valence-corrected chi connectivity index (χ0v) is 20.1. The number of rotatable bonds is 6. The Morgan fingerprint density at radius 3 is 2.51 bits per heavy atom. The van der Waals surface area contributed by atoms with Gasteiger partial charge in [-0.05, 0) is 47.5 Å². The van der Waals surface area contributed by atoms with E-state index in [1.54, 1.807) is 60.0 Å². The van der Waals surface area contributed by atoms with Crippen molar-refractivity contribution in [2.75, 3.05) is 0 Å². The Labute approximate surface area is 216 Å². The van der Waals surface area contributed by atoms with E-state index in [-0.39, 0.29) is 0 Å². The Balaban J connectivity index is 1.31.